The summed E-state index contributed by atoms with van der Waals surface area (Å²) < 4.78 is 232. The number of carboxylic acids is 1. The highest BCUT2D eigenvalue weighted by Gasteiger charge is 2.49. The number of benzene rings is 5. The van der Waals surface area contributed by atoms with Crippen molar-refractivity contribution >= 4 is 111 Å². The van der Waals surface area contributed by atoms with E-state index < -0.39 is 121 Å². The van der Waals surface area contributed by atoms with Gasteiger partial charge in [0.2, 0.25) is 5.69 Å². The van der Waals surface area contributed by atoms with Crippen molar-refractivity contribution in [2.24, 2.45) is 0 Å². The van der Waals surface area contributed by atoms with E-state index in [0.29, 0.717) is 17.8 Å². The summed E-state index contributed by atoms with van der Waals surface area (Å²) in [6.45, 7) is 5.07. The van der Waals surface area contributed by atoms with Crippen LogP contribution < -0.4 is 9.64 Å². The van der Waals surface area contributed by atoms with Gasteiger partial charge < -0.3 is 14.7 Å². The highest BCUT2D eigenvalue weighted by Crippen LogP contribution is 2.53. The first-order valence-electron chi connectivity index (χ1n) is 22.4. The molecule has 0 saturated carbocycles. The van der Waals surface area contributed by atoms with Crippen LogP contribution >= 0.6 is 0 Å². The van der Waals surface area contributed by atoms with E-state index in [9.17, 15) is 87.7 Å². The van der Waals surface area contributed by atoms with Crippen molar-refractivity contribution in [3.8, 4) is 5.75 Å². The Kier molecular flexibility index (Phi) is 15.5. The van der Waals surface area contributed by atoms with Gasteiger partial charge in [-0.1, -0.05) is 32.1 Å². The van der Waals surface area contributed by atoms with Gasteiger partial charge in [-0.05, 0) is 103 Å². The van der Waals surface area contributed by atoms with Crippen LogP contribution in [-0.4, -0.2) is 130 Å². The molecule has 0 atom stereocenters. The quantitative estimate of drug-likeness (QED) is 0.0290. The van der Waals surface area contributed by atoms with Crippen LogP contribution in [0.5, 0.6) is 5.75 Å². The molecule has 23 nitrogen and oxygen atoms in total. The van der Waals surface area contributed by atoms with Gasteiger partial charge in [0.1, 0.15) is 27.9 Å². The topological polar surface area (TPSA) is 379 Å². The number of hydrogen-bond acceptors (Lipinski definition) is 15. The number of nitrogens with zero attached hydrogens (tertiary/aromatic N) is 2. The highest BCUT2D eigenvalue weighted by molar-refractivity contribution is 7.87. The summed E-state index contributed by atoms with van der Waals surface area (Å²) in [6.07, 6.45) is 5.28. The molecular weight excluding hydrogens is 1140 g/mol. The molecule has 77 heavy (non-hydrogen) atoms. The van der Waals surface area contributed by atoms with Gasteiger partial charge in [-0.3, -0.25) is 27.3 Å². The van der Waals surface area contributed by atoms with Crippen molar-refractivity contribution < 1.29 is 101 Å². The van der Waals surface area contributed by atoms with E-state index in [4.69, 9.17) is 4.74 Å². The summed E-state index contributed by atoms with van der Waals surface area (Å²) in [5.74, 6) is -4.21. The fourth-order valence-electron chi connectivity index (χ4n) is 10.0. The van der Waals surface area contributed by atoms with Crippen molar-refractivity contribution in [2.75, 3.05) is 36.1 Å². The average molecular weight is 1190 g/mol. The van der Waals surface area contributed by atoms with Crippen LogP contribution in [-0.2, 0) is 76.3 Å². The summed E-state index contributed by atoms with van der Waals surface area (Å²) in [7, 11) is -29.8. The Labute approximate surface area is 441 Å². The molecule has 0 unspecified atom stereocenters. The van der Waals surface area contributed by atoms with E-state index in [1.807, 2.05) is 0 Å². The van der Waals surface area contributed by atoms with Gasteiger partial charge in [0.25, 0.3) is 60.7 Å². The first-order valence-corrected chi connectivity index (χ1v) is 31.4. The van der Waals surface area contributed by atoms with Crippen molar-refractivity contribution in [2.45, 2.75) is 70.9 Å². The third-order valence-electron chi connectivity index (χ3n) is 12.9. The molecule has 30 heteroatoms. The maximum absolute atomic E-state index is 15.8. The zero-order valence-corrected chi connectivity index (χ0v) is 45.6. The minimum Gasteiger partial charge on any atom is -0.482 e. The van der Waals surface area contributed by atoms with Crippen LogP contribution in [0.3, 0.4) is 0 Å². The normalized spacial score (nSPS) is 16.7. The number of carboxylic acid groups (broad SMARTS) is 1. The zero-order chi connectivity index (χ0) is 57.4. The van der Waals surface area contributed by atoms with Crippen molar-refractivity contribution in [1.82, 2.24) is 0 Å². The Morgan fingerprint density at radius 2 is 1.17 bits per heavy atom. The molecule has 0 bridgehead atoms. The first kappa shape index (κ1) is 58.6. The monoisotopic (exact) mass is 1190 g/mol. The summed E-state index contributed by atoms with van der Waals surface area (Å²) in [5.41, 5.74) is -1.48. The number of anilines is 1. The van der Waals surface area contributed by atoms with E-state index in [0.717, 1.165) is 24.3 Å². The smallest absolute Gasteiger partial charge is 0.341 e. The Balaban J connectivity index is 1.52. The lowest BCUT2D eigenvalue weighted by Crippen LogP contribution is -2.31. The van der Waals surface area contributed by atoms with Crippen LogP contribution in [0.4, 0.5) is 15.8 Å². The molecule has 7 N–H and O–H groups in total. The van der Waals surface area contributed by atoms with Gasteiger partial charge in [-0.25, -0.2) is 9.18 Å². The summed E-state index contributed by atoms with van der Waals surface area (Å²) in [4.78, 5) is 9.53. The molecule has 0 saturated heterocycles. The maximum Gasteiger partial charge on any atom is 0.341 e. The van der Waals surface area contributed by atoms with E-state index in [1.165, 1.54) is 59.2 Å². The SMILES string of the molecule is CC1(C)C(=CC=CC=C(C2=[N+](CCCS(=O)(=O)O)c3ccc4c(S(=O)(=O)O)cc(S(=O)(=O)O)cc4c3C2(C)C)c2cc(F)cc(OCC(=O)O)c2)N(CCCS(=O)(=O)O)c2ccc3c(S(=O)(=O)O)cc(S(=O)(=O)O)cc3c21. The van der Waals surface area contributed by atoms with Gasteiger partial charge in [0, 0.05) is 63.8 Å². The molecule has 414 valence electrons. The number of ether oxygens (including phenoxy) is 1. The van der Waals surface area contributed by atoms with Crippen LogP contribution in [0.2, 0.25) is 0 Å². The molecule has 2 aliphatic rings. The Hall–Kier alpha value is -6.03. The Morgan fingerprint density at radius 3 is 1.69 bits per heavy atom. The largest absolute Gasteiger partial charge is 0.482 e. The summed E-state index contributed by atoms with van der Waals surface area (Å²) >= 11 is 0. The lowest BCUT2D eigenvalue weighted by molar-refractivity contribution is -0.436. The van der Waals surface area contributed by atoms with Gasteiger partial charge in [-0.2, -0.15) is 55.1 Å². The lowest BCUT2D eigenvalue weighted by Gasteiger charge is -2.27. The number of aliphatic carboxylic acids is 1. The zero-order valence-electron chi connectivity index (χ0n) is 40.7. The van der Waals surface area contributed by atoms with Gasteiger partial charge >= 0.3 is 5.97 Å². The molecular formula is C47H48FN2O21S6+. The van der Waals surface area contributed by atoms with Crippen molar-refractivity contribution in [3.05, 3.63) is 119 Å². The minimum absolute atomic E-state index is 0.0314. The maximum atomic E-state index is 15.8. The van der Waals surface area contributed by atoms with Gasteiger partial charge in [0.15, 0.2) is 12.3 Å². The van der Waals surface area contributed by atoms with E-state index >= 15 is 4.39 Å². The first-order chi connectivity index (χ1) is 35.2. The van der Waals surface area contributed by atoms with Crippen LogP contribution in [0.25, 0.3) is 27.1 Å². The minimum atomic E-state index is -5.22. The fourth-order valence-corrected chi connectivity index (χ4v) is 13.7. The van der Waals surface area contributed by atoms with Crippen LogP contribution in [0, 0.1) is 5.82 Å². The Bertz CT molecular complexity index is 4210. The highest BCUT2D eigenvalue weighted by atomic mass is 32.2. The molecule has 0 aliphatic carbocycles. The van der Waals surface area contributed by atoms with E-state index in [1.54, 1.807) is 32.6 Å². The second-order valence-corrected chi connectivity index (χ2v) is 27.7. The van der Waals surface area contributed by atoms with Gasteiger partial charge in [0.05, 0.1) is 26.7 Å². The predicted molar refractivity (Wildman–Crippen MR) is 277 cm³/mol. The number of allylic oxidation sites excluding steroid dienone is 6. The molecule has 5 aromatic carbocycles. The standard InChI is InChI=1S/C47H47FN2O21S6/c1-46(2)41(49(15-7-17-72(53,54)55)37-13-11-33-35(43(37)46)22-30(74(59,60)61)24-39(33)76(65,66)67)10-6-5-9-32(27-19-28(48)21-29(20-27)71-26-42(51)52)45-47(3,4)44-36-23-31(75(62,63)64)25-40(77(68,69)70)34(36)12-14-38(44)50(45)16-8-18-73(56,57)58/h5-6,9-14,19-25H,7-8,15-18,26H2,1-4H3,(H6-,51,52,53,54,55,56,57,58,59,60,61,62,63,64,65,66,67,68,69,70)/p+1. The molecule has 0 amide bonds. The molecule has 0 radical (unpaired) electrons. The van der Waals surface area contributed by atoms with Crippen molar-refractivity contribution in [1.29, 1.82) is 0 Å². The number of fused-ring (bicyclic) bond motifs is 6. The number of hydrogen-bond donors (Lipinski definition) is 7. The molecule has 2 heterocycles. The summed E-state index contributed by atoms with van der Waals surface area (Å²) in [5, 5.41) is 8.80. The number of rotatable bonds is 19. The molecule has 5 aromatic rings. The molecule has 0 spiro atoms. The molecule has 0 aromatic heterocycles. The fraction of sp³-hybridized carbons (Fsp3) is 0.277. The second-order valence-electron chi connectivity index (χ2n) is 18.9. The average Bonchev–Trinajstić information content (AvgIpc) is 3.63. The van der Waals surface area contributed by atoms with Crippen LogP contribution in [0.1, 0.15) is 57.2 Å². The Morgan fingerprint density at radius 1 is 0.636 bits per heavy atom. The van der Waals surface area contributed by atoms with E-state index in [2.05, 4.69) is 0 Å². The summed E-state index contributed by atoms with van der Waals surface area (Å²) in [6, 6.07) is 11.5. The van der Waals surface area contributed by atoms with E-state index in [-0.39, 0.29) is 92.6 Å². The number of carbonyl (C=O) groups is 1. The lowest BCUT2D eigenvalue weighted by atomic mass is 9.75. The third-order valence-corrected chi connectivity index (χ3v) is 17.9. The third kappa shape index (κ3) is 12.3. The van der Waals surface area contributed by atoms with Gasteiger partial charge in [-0.15, -0.1) is 0 Å². The van der Waals surface area contributed by atoms with Crippen molar-refractivity contribution in [3.63, 3.8) is 0 Å². The predicted octanol–water partition coefficient (Wildman–Crippen LogP) is 5.84. The number of halogens is 1. The molecule has 7 rings (SSSR count). The molecule has 0 fully saturated rings. The molecule has 2 aliphatic heterocycles. The van der Waals surface area contributed by atoms with Crippen LogP contribution in [0.15, 0.2) is 116 Å². The second kappa shape index (κ2) is 20.3.